The zero-order chi connectivity index (χ0) is 15.2. The normalized spacial score (nSPS) is 37.6. The summed E-state index contributed by atoms with van der Waals surface area (Å²) in [4.78, 5) is 0. The predicted octanol–water partition coefficient (Wildman–Crippen LogP) is 6.37. The highest BCUT2D eigenvalue weighted by atomic mass is 31.1. The summed E-state index contributed by atoms with van der Waals surface area (Å²) in [6.07, 6.45) is 0. The molecule has 0 aromatic rings. The molecule has 0 radical (unpaired) electrons. The van der Waals surface area contributed by atoms with Crippen LogP contribution in [0.15, 0.2) is 44.1 Å². The van der Waals surface area contributed by atoms with Gasteiger partial charge in [-0.1, -0.05) is 32.9 Å². The van der Waals surface area contributed by atoms with Crippen molar-refractivity contribution >= 4 is 7.92 Å². The summed E-state index contributed by atoms with van der Waals surface area (Å²) in [5, 5.41) is 3.51. The Morgan fingerprint density at radius 3 is 1.20 bits per heavy atom. The minimum absolute atomic E-state index is 0.152. The zero-order valence-electron chi connectivity index (χ0n) is 14.4. The molecule has 0 N–H and O–H groups in total. The molecule has 0 amide bonds. The van der Waals surface area contributed by atoms with Crippen LogP contribution in [-0.2, 0) is 0 Å². The number of hydrogen-bond donors (Lipinski definition) is 0. The van der Waals surface area contributed by atoms with Gasteiger partial charge in [-0.2, -0.15) is 0 Å². The van der Waals surface area contributed by atoms with Gasteiger partial charge in [-0.15, -0.1) is 0 Å². The molecular weight excluding hydrogens is 259 g/mol. The highest BCUT2D eigenvalue weighted by molar-refractivity contribution is 7.66. The molecule has 0 unspecified atom stereocenters. The van der Waals surface area contributed by atoms with Crippen LogP contribution in [0.25, 0.3) is 0 Å². The number of allylic oxidation sites excluding steroid dienone is 8. The summed E-state index contributed by atoms with van der Waals surface area (Å²) in [6, 6.07) is 0. The summed E-state index contributed by atoms with van der Waals surface area (Å²) < 4.78 is 0. The molecule has 0 aromatic heterocycles. The van der Waals surface area contributed by atoms with E-state index >= 15 is 0 Å². The summed E-state index contributed by atoms with van der Waals surface area (Å²) in [5.74, 6) is 0. The average Bonchev–Trinajstić information content (AvgIpc) is 2.78. The summed E-state index contributed by atoms with van der Waals surface area (Å²) in [6.45, 7) is 21.6. The zero-order valence-corrected chi connectivity index (χ0v) is 15.3. The van der Waals surface area contributed by atoms with Gasteiger partial charge in [0.25, 0.3) is 0 Å². The van der Waals surface area contributed by atoms with E-state index in [1.54, 1.807) is 44.1 Å². The van der Waals surface area contributed by atoms with Crippen molar-refractivity contribution in [2.24, 2.45) is 10.8 Å². The lowest BCUT2D eigenvalue weighted by Crippen LogP contribution is -2.34. The lowest BCUT2D eigenvalue weighted by Gasteiger charge is -2.41. The van der Waals surface area contributed by atoms with Crippen LogP contribution in [0.1, 0.15) is 55.4 Å². The van der Waals surface area contributed by atoms with Crippen molar-refractivity contribution in [1.82, 2.24) is 0 Å². The first-order valence-corrected chi connectivity index (χ1v) is 9.43. The van der Waals surface area contributed by atoms with Gasteiger partial charge < -0.3 is 0 Å². The van der Waals surface area contributed by atoms with Crippen LogP contribution in [0.3, 0.4) is 0 Å². The van der Waals surface area contributed by atoms with Gasteiger partial charge in [-0.25, -0.2) is 0 Å². The first-order valence-electron chi connectivity index (χ1n) is 7.64. The standard InChI is InChI=1S/C19H27P/c1-10-12(3)16-18(7,14(10)5)19(8)15(6)11(2)13(4)17(19)20(16)9/h1-9H3/t18-,19-/m1/s1. The van der Waals surface area contributed by atoms with Crippen molar-refractivity contribution in [2.45, 2.75) is 55.4 Å². The quantitative estimate of drug-likeness (QED) is 0.454. The summed E-state index contributed by atoms with van der Waals surface area (Å²) >= 11 is 0. The average molecular weight is 286 g/mol. The van der Waals surface area contributed by atoms with Gasteiger partial charge in [0.15, 0.2) is 0 Å². The second kappa shape index (κ2) is 3.77. The lowest BCUT2D eigenvalue weighted by molar-refractivity contribution is 0.284. The highest BCUT2D eigenvalue weighted by Gasteiger charge is 2.64. The molecule has 0 aromatic carbocycles. The molecule has 0 spiro atoms. The molecule has 3 rings (SSSR count). The molecule has 0 nitrogen and oxygen atoms in total. The molecule has 20 heavy (non-hydrogen) atoms. The van der Waals surface area contributed by atoms with Crippen molar-refractivity contribution in [2.75, 3.05) is 6.66 Å². The van der Waals surface area contributed by atoms with Crippen LogP contribution in [-0.4, -0.2) is 6.66 Å². The van der Waals surface area contributed by atoms with Gasteiger partial charge in [0, 0.05) is 10.8 Å². The molecular formula is C19H27P. The third-order valence-corrected chi connectivity index (χ3v) is 9.99. The summed E-state index contributed by atoms with van der Waals surface area (Å²) in [5.41, 5.74) is 9.93. The third kappa shape index (κ3) is 1.13. The second-order valence-electron chi connectivity index (χ2n) is 7.26. The molecule has 0 saturated carbocycles. The first kappa shape index (κ1) is 14.3. The predicted molar refractivity (Wildman–Crippen MR) is 91.2 cm³/mol. The first-order chi connectivity index (χ1) is 9.11. The fraction of sp³-hybridized carbons (Fsp3) is 0.579. The fourth-order valence-corrected chi connectivity index (χ4v) is 8.97. The van der Waals surface area contributed by atoms with Crippen molar-refractivity contribution in [3.63, 3.8) is 0 Å². The Hall–Kier alpha value is -0.610. The van der Waals surface area contributed by atoms with Gasteiger partial charge >= 0.3 is 0 Å². The van der Waals surface area contributed by atoms with Crippen molar-refractivity contribution in [3.05, 3.63) is 44.1 Å². The minimum Gasteiger partial charge on any atom is -0.0585 e. The van der Waals surface area contributed by atoms with Crippen molar-refractivity contribution in [1.29, 1.82) is 0 Å². The molecule has 108 valence electrons. The SMILES string of the molecule is CC1=C(C)[C@]2(C)C(=C1C)P(C)C1=C(C)C(C)=C(C)[C@]12C. The molecule has 1 aliphatic heterocycles. The van der Waals surface area contributed by atoms with E-state index in [9.17, 15) is 0 Å². The molecule has 1 heteroatoms. The van der Waals surface area contributed by atoms with E-state index in [0.717, 1.165) is 0 Å². The minimum atomic E-state index is -0.152. The third-order valence-electron chi connectivity index (χ3n) is 7.08. The topological polar surface area (TPSA) is 0 Å². The maximum atomic E-state index is 2.51. The Labute approximate surface area is 125 Å². The van der Waals surface area contributed by atoms with Gasteiger partial charge in [0.2, 0.25) is 0 Å². The van der Waals surface area contributed by atoms with Crippen LogP contribution in [0.5, 0.6) is 0 Å². The molecule has 1 saturated heterocycles. The van der Waals surface area contributed by atoms with Gasteiger partial charge in [-0.05, 0) is 81.1 Å². The van der Waals surface area contributed by atoms with E-state index < -0.39 is 0 Å². The van der Waals surface area contributed by atoms with Gasteiger partial charge in [0.05, 0.1) is 0 Å². The van der Waals surface area contributed by atoms with Crippen LogP contribution < -0.4 is 0 Å². The maximum Gasteiger partial charge on any atom is 0.0278 e. The largest absolute Gasteiger partial charge is 0.0585 e. The molecule has 2 atom stereocenters. The van der Waals surface area contributed by atoms with E-state index in [0.29, 0.717) is 0 Å². The van der Waals surface area contributed by atoms with Crippen LogP contribution in [0, 0.1) is 10.8 Å². The summed E-state index contributed by atoms with van der Waals surface area (Å²) in [7, 11) is -0.152. The smallest absolute Gasteiger partial charge is 0.0278 e. The van der Waals surface area contributed by atoms with Gasteiger partial charge in [-0.3, -0.25) is 0 Å². The Bertz CT molecular complexity index is 610. The van der Waals surface area contributed by atoms with Crippen LogP contribution in [0.2, 0.25) is 0 Å². The molecule has 3 aliphatic rings. The van der Waals surface area contributed by atoms with Crippen molar-refractivity contribution < 1.29 is 0 Å². The maximum absolute atomic E-state index is 2.51. The number of hydrogen-bond acceptors (Lipinski definition) is 0. The molecule has 2 aliphatic carbocycles. The lowest BCUT2D eigenvalue weighted by atomic mass is 9.60. The Balaban J connectivity index is 2.43. The Kier molecular flexibility index (Phi) is 2.70. The Morgan fingerprint density at radius 1 is 0.600 bits per heavy atom. The number of rotatable bonds is 0. The molecule has 1 heterocycles. The second-order valence-corrected chi connectivity index (χ2v) is 9.27. The van der Waals surface area contributed by atoms with E-state index in [1.807, 2.05) is 0 Å². The Morgan fingerprint density at radius 2 is 0.900 bits per heavy atom. The van der Waals surface area contributed by atoms with E-state index in [1.165, 1.54) is 0 Å². The highest BCUT2D eigenvalue weighted by Crippen LogP contribution is 2.83. The van der Waals surface area contributed by atoms with Crippen LogP contribution >= 0.6 is 7.92 Å². The molecule has 1 fully saturated rings. The van der Waals surface area contributed by atoms with Crippen molar-refractivity contribution in [3.8, 4) is 0 Å². The van der Waals surface area contributed by atoms with Crippen LogP contribution in [0.4, 0.5) is 0 Å². The van der Waals surface area contributed by atoms with E-state index in [2.05, 4.69) is 62.1 Å². The molecule has 0 bridgehead atoms. The fourth-order valence-electron chi connectivity index (χ4n) is 5.28. The van der Waals surface area contributed by atoms with E-state index in [-0.39, 0.29) is 18.8 Å². The number of fused-ring (bicyclic) bond motifs is 3. The van der Waals surface area contributed by atoms with Gasteiger partial charge in [0.1, 0.15) is 0 Å². The van der Waals surface area contributed by atoms with E-state index in [4.69, 9.17) is 0 Å². The monoisotopic (exact) mass is 286 g/mol.